The number of fused-ring (bicyclic) bond motifs is 1. The minimum atomic E-state index is -1.05. The lowest BCUT2D eigenvalue weighted by molar-refractivity contribution is -0.132. The van der Waals surface area contributed by atoms with E-state index in [1.54, 1.807) is 74.7 Å². The van der Waals surface area contributed by atoms with Crippen LogP contribution in [0.25, 0.3) is 6.08 Å². The molecule has 0 fully saturated rings. The van der Waals surface area contributed by atoms with Gasteiger partial charge in [-0.1, -0.05) is 96.0 Å². The highest BCUT2D eigenvalue weighted by Gasteiger charge is 2.29. The van der Waals surface area contributed by atoms with E-state index in [0.29, 0.717) is 70.8 Å². The number of primary amides is 1. The van der Waals surface area contributed by atoms with Crippen LogP contribution in [0.5, 0.6) is 0 Å². The van der Waals surface area contributed by atoms with Crippen LogP contribution in [0.1, 0.15) is 125 Å². The Hall–Kier alpha value is -8.62. The molecule has 21 heteroatoms. The molecule has 5 rings (SSSR count). The van der Waals surface area contributed by atoms with Gasteiger partial charge < -0.3 is 58.3 Å². The van der Waals surface area contributed by atoms with Gasteiger partial charge in [0.15, 0.2) is 0 Å². The van der Waals surface area contributed by atoms with Gasteiger partial charge in [0.25, 0.3) is 5.91 Å². The summed E-state index contributed by atoms with van der Waals surface area (Å²) in [5.41, 5.74) is 16.1. The number of urea groups is 1. The number of carbonyl (C=O) groups excluding carboxylic acids is 8. The van der Waals surface area contributed by atoms with E-state index in [4.69, 9.17) is 16.2 Å². The Morgan fingerprint density at radius 2 is 1.44 bits per heavy atom. The van der Waals surface area contributed by atoms with Crippen LogP contribution in [0.3, 0.4) is 0 Å². The van der Waals surface area contributed by atoms with E-state index in [9.17, 15) is 38.4 Å². The lowest BCUT2D eigenvalue weighted by Crippen LogP contribution is -2.54. The van der Waals surface area contributed by atoms with Crippen LogP contribution in [-0.4, -0.2) is 101 Å². The van der Waals surface area contributed by atoms with Crippen LogP contribution in [0, 0.1) is 5.92 Å². The minimum Gasteiger partial charge on any atom is -0.445 e. The quantitative estimate of drug-likeness (QED) is 0.0264. The molecule has 2 heterocycles. The van der Waals surface area contributed by atoms with E-state index >= 15 is 0 Å². The molecule has 79 heavy (non-hydrogen) atoms. The van der Waals surface area contributed by atoms with Crippen molar-refractivity contribution in [2.24, 2.45) is 22.4 Å². The molecule has 3 unspecified atom stereocenters. The summed E-state index contributed by atoms with van der Waals surface area (Å²) in [4.78, 5) is 116. The van der Waals surface area contributed by atoms with Crippen molar-refractivity contribution in [2.45, 2.75) is 130 Å². The molecule has 0 aliphatic carbocycles. The summed E-state index contributed by atoms with van der Waals surface area (Å²) in [5.74, 6) is -2.35. The summed E-state index contributed by atoms with van der Waals surface area (Å²) in [6, 6.07) is 18.6. The average Bonchev–Trinajstić information content (AvgIpc) is 3.64. The van der Waals surface area contributed by atoms with Crippen LogP contribution < -0.4 is 48.7 Å². The average molecular weight is 1090 g/mol. The molecule has 0 radical (unpaired) electrons. The van der Waals surface area contributed by atoms with E-state index in [-0.39, 0.29) is 68.9 Å². The standard InChI is InChI=1S/C58H76N12O9/c1-6-9-11-18-50(71)69-51(37(4)5)55(75)67-46(17-14-25-62-57(60)77)54(74)64-44-23-19-39(20-24-44)36-79-58(78)68-48(29-38-15-12-10-13-16-38)53(73)63-34-40-28-45(35-61-33-40)65-52(72)42-22-21-41-30-43(32-49(59)66-47(41)31-42)56(76)70(26-7-2)27-8-3/h10,12-13,15-16,19-24,28,30-31,33,35,37,46,48,51H,6-9,11,14,17-18,25-27,29,32,34,36H2,1-5H3,(H2,59,66)(H,63,73)(H,64,74)(H,65,72)(H,67,75)(H,68,78)(H,69,71)(H3,60,62,77). The Labute approximate surface area is 461 Å². The summed E-state index contributed by atoms with van der Waals surface area (Å²) in [5, 5.41) is 19.2. The molecule has 9 amide bonds. The molecule has 4 aromatic rings. The summed E-state index contributed by atoms with van der Waals surface area (Å²) in [7, 11) is 0. The monoisotopic (exact) mass is 1080 g/mol. The second-order valence-corrected chi connectivity index (χ2v) is 19.7. The molecule has 0 saturated heterocycles. The van der Waals surface area contributed by atoms with Crippen molar-refractivity contribution >= 4 is 76.5 Å². The number of unbranched alkanes of at least 4 members (excludes halogenated alkanes) is 2. The number of aliphatic imine (C=N–C) groups is 1. The number of hydrogen-bond acceptors (Lipinski definition) is 12. The molecule has 0 spiro atoms. The Morgan fingerprint density at radius 3 is 2.13 bits per heavy atom. The Morgan fingerprint density at radius 1 is 0.709 bits per heavy atom. The Bertz CT molecular complexity index is 2800. The van der Waals surface area contributed by atoms with Gasteiger partial charge in [-0.05, 0) is 91.1 Å². The summed E-state index contributed by atoms with van der Waals surface area (Å²) in [6.45, 7) is 10.9. The van der Waals surface area contributed by atoms with Gasteiger partial charge in [-0.3, -0.25) is 33.8 Å². The van der Waals surface area contributed by atoms with Gasteiger partial charge in [0.1, 0.15) is 30.6 Å². The fraction of sp³-hybridized carbons (Fsp3) is 0.414. The first kappa shape index (κ1) is 61.2. The molecule has 3 aromatic carbocycles. The number of pyridine rings is 1. The van der Waals surface area contributed by atoms with E-state index in [1.165, 1.54) is 6.20 Å². The van der Waals surface area contributed by atoms with Crippen molar-refractivity contribution in [3.8, 4) is 0 Å². The third-order valence-corrected chi connectivity index (χ3v) is 12.7. The number of nitrogens with two attached hydrogens (primary N) is 2. The molecular formula is C58H76N12O9. The predicted octanol–water partition coefficient (Wildman–Crippen LogP) is 6.51. The third kappa shape index (κ3) is 20.4. The van der Waals surface area contributed by atoms with Crippen molar-refractivity contribution in [2.75, 3.05) is 30.3 Å². The fourth-order valence-corrected chi connectivity index (χ4v) is 8.57. The number of hydrogen-bond donors (Lipinski definition) is 9. The number of amides is 9. The number of carbonyl (C=O) groups is 8. The Kier molecular flexibility index (Phi) is 24.5. The second-order valence-electron chi connectivity index (χ2n) is 19.7. The van der Waals surface area contributed by atoms with Crippen molar-refractivity contribution < 1.29 is 43.1 Å². The fourth-order valence-electron chi connectivity index (χ4n) is 8.57. The highest BCUT2D eigenvalue weighted by Crippen LogP contribution is 2.29. The van der Waals surface area contributed by atoms with Crippen LogP contribution >= 0.6 is 0 Å². The first-order valence-corrected chi connectivity index (χ1v) is 27.0. The van der Waals surface area contributed by atoms with E-state index in [0.717, 1.165) is 31.2 Å². The first-order chi connectivity index (χ1) is 38.0. The summed E-state index contributed by atoms with van der Waals surface area (Å²) < 4.78 is 5.54. The highest BCUT2D eigenvalue weighted by atomic mass is 16.5. The lowest BCUT2D eigenvalue weighted by Gasteiger charge is -2.25. The lowest BCUT2D eigenvalue weighted by atomic mass is 10.0. The maximum Gasteiger partial charge on any atom is 0.408 e. The van der Waals surface area contributed by atoms with Crippen LogP contribution in [-0.2, 0) is 48.3 Å². The summed E-state index contributed by atoms with van der Waals surface area (Å²) in [6.07, 6.45) is 9.17. The molecule has 1 aliphatic rings. The SMILES string of the molecule is CCCCCC(=O)NC(C(=O)NC(CCCNC(N)=O)C(=O)Nc1ccc(COC(=O)NC(Cc2ccccc2)C(=O)NCc2cncc(NC(=O)c3ccc4c(c3)N=C(N)CC(C(=O)N(CCC)CCC)=C4)c2)cc1)C(C)C. The number of rotatable bonds is 29. The molecule has 21 nitrogen and oxygen atoms in total. The van der Waals surface area contributed by atoms with Crippen molar-refractivity contribution in [3.05, 3.63) is 125 Å². The van der Waals surface area contributed by atoms with Crippen molar-refractivity contribution in [3.63, 3.8) is 0 Å². The molecule has 1 aromatic heterocycles. The summed E-state index contributed by atoms with van der Waals surface area (Å²) >= 11 is 0. The molecule has 422 valence electrons. The van der Waals surface area contributed by atoms with Gasteiger partial charge in [-0.15, -0.1) is 0 Å². The maximum atomic E-state index is 13.8. The van der Waals surface area contributed by atoms with Gasteiger partial charge >= 0.3 is 12.1 Å². The molecule has 0 bridgehead atoms. The molecule has 3 atom stereocenters. The highest BCUT2D eigenvalue weighted by molar-refractivity contribution is 6.08. The zero-order valence-corrected chi connectivity index (χ0v) is 45.8. The van der Waals surface area contributed by atoms with Crippen molar-refractivity contribution in [1.82, 2.24) is 36.5 Å². The van der Waals surface area contributed by atoms with Crippen LogP contribution in [0.4, 0.5) is 26.7 Å². The second kappa shape index (κ2) is 31.6. The predicted molar refractivity (Wildman–Crippen MR) is 304 cm³/mol. The largest absolute Gasteiger partial charge is 0.445 e. The molecule has 1 aliphatic heterocycles. The number of benzene rings is 3. The molecule has 11 N–H and O–H groups in total. The number of aromatic nitrogens is 1. The normalized spacial score (nSPS) is 12.9. The number of amidine groups is 1. The van der Waals surface area contributed by atoms with Gasteiger partial charge in [0.05, 0.1) is 17.6 Å². The molecular weight excluding hydrogens is 1010 g/mol. The first-order valence-electron chi connectivity index (χ1n) is 27.0. The van der Waals surface area contributed by atoms with E-state index in [1.807, 2.05) is 56.0 Å². The van der Waals surface area contributed by atoms with E-state index < -0.39 is 53.9 Å². The van der Waals surface area contributed by atoms with Crippen LogP contribution in [0.15, 0.2) is 102 Å². The zero-order chi connectivity index (χ0) is 57.3. The van der Waals surface area contributed by atoms with E-state index in [2.05, 4.69) is 47.2 Å². The number of alkyl carbamates (subject to hydrolysis) is 1. The van der Waals surface area contributed by atoms with Crippen LogP contribution in [0.2, 0.25) is 0 Å². The maximum absolute atomic E-state index is 13.8. The van der Waals surface area contributed by atoms with Gasteiger partial charge in [-0.2, -0.15) is 0 Å². The zero-order valence-electron chi connectivity index (χ0n) is 45.8. The Balaban J connectivity index is 1.17. The van der Waals surface area contributed by atoms with Gasteiger partial charge in [0.2, 0.25) is 29.5 Å². The van der Waals surface area contributed by atoms with Gasteiger partial charge in [0, 0.05) is 74.0 Å². The number of nitrogens with one attached hydrogen (secondary N) is 7. The smallest absolute Gasteiger partial charge is 0.408 e. The number of anilines is 2. The van der Waals surface area contributed by atoms with Crippen molar-refractivity contribution in [1.29, 1.82) is 0 Å². The topological polar surface area (TPSA) is 311 Å². The third-order valence-electron chi connectivity index (χ3n) is 12.7. The number of ether oxygens (including phenoxy) is 1. The van der Waals surface area contributed by atoms with Gasteiger partial charge in [-0.25, -0.2) is 14.6 Å². The minimum absolute atomic E-state index is 0.00407. The number of nitrogens with zero attached hydrogens (tertiary/aromatic N) is 3. The molecule has 0 saturated carbocycles.